The maximum absolute atomic E-state index is 6.25. The molecule has 0 aliphatic heterocycles. The van der Waals surface area contributed by atoms with Gasteiger partial charge in [-0.1, -0.05) is 37.9 Å². The van der Waals surface area contributed by atoms with E-state index in [9.17, 15) is 0 Å². The molecule has 0 spiro atoms. The second kappa shape index (κ2) is 6.44. The van der Waals surface area contributed by atoms with Crippen molar-refractivity contribution in [1.29, 1.82) is 0 Å². The smallest absolute Gasteiger partial charge is 0.138 e. The largest absolute Gasteiger partial charge is 0.459 e. The SMILES string of the molecule is CCCNC(CCC)c1cc2c(Cl)ccc(C)c2o1. The van der Waals surface area contributed by atoms with Crippen molar-refractivity contribution in [3.63, 3.8) is 0 Å². The van der Waals surface area contributed by atoms with Gasteiger partial charge in [0.15, 0.2) is 0 Å². The van der Waals surface area contributed by atoms with E-state index in [1.165, 1.54) is 0 Å². The third kappa shape index (κ3) is 3.13. The van der Waals surface area contributed by atoms with E-state index >= 15 is 0 Å². The van der Waals surface area contributed by atoms with Crippen LogP contribution in [0.1, 0.15) is 50.5 Å². The van der Waals surface area contributed by atoms with Crippen LogP contribution in [0, 0.1) is 6.92 Å². The van der Waals surface area contributed by atoms with Crippen LogP contribution < -0.4 is 5.32 Å². The lowest BCUT2D eigenvalue weighted by molar-refractivity contribution is 0.407. The van der Waals surface area contributed by atoms with E-state index < -0.39 is 0 Å². The van der Waals surface area contributed by atoms with E-state index in [1.54, 1.807) is 0 Å². The van der Waals surface area contributed by atoms with Crippen LogP contribution in [0.4, 0.5) is 0 Å². The Kier molecular flexibility index (Phi) is 4.89. The molecule has 0 aliphatic carbocycles. The van der Waals surface area contributed by atoms with Gasteiger partial charge in [-0.25, -0.2) is 0 Å². The van der Waals surface area contributed by atoms with Gasteiger partial charge in [-0.05, 0) is 44.0 Å². The highest BCUT2D eigenvalue weighted by molar-refractivity contribution is 6.35. The van der Waals surface area contributed by atoms with Gasteiger partial charge in [0, 0.05) is 5.39 Å². The number of furan rings is 1. The molecule has 2 nitrogen and oxygen atoms in total. The lowest BCUT2D eigenvalue weighted by Crippen LogP contribution is -2.21. The second-order valence-corrected chi connectivity index (χ2v) is 5.46. The highest BCUT2D eigenvalue weighted by Gasteiger charge is 2.17. The summed E-state index contributed by atoms with van der Waals surface area (Å²) in [7, 11) is 0. The van der Waals surface area contributed by atoms with Gasteiger partial charge >= 0.3 is 0 Å². The van der Waals surface area contributed by atoms with E-state index in [0.29, 0.717) is 0 Å². The molecule has 19 heavy (non-hydrogen) atoms. The number of halogens is 1. The number of benzene rings is 1. The molecule has 1 heterocycles. The zero-order valence-corrected chi connectivity index (χ0v) is 12.7. The Hall–Kier alpha value is -0.990. The summed E-state index contributed by atoms with van der Waals surface area (Å²) in [6.45, 7) is 7.44. The fourth-order valence-corrected chi connectivity index (χ4v) is 2.57. The Morgan fingerprint density at radius 3 is 2.68 bits per heavy atom. The molecule has 1 aromatic carbocycles. The molecule has 104 valence electrons. The molecular formula is C16H22ClNO. The molecule has 0 aliphatic rings. The molecular weight excluding hydrogens is 258 g/mol. The first-order valence-electron chi connectivity index (χ1n) is 7.09. The first kappa shape index (κ1) is 14.4. The number of hydrogen-bond acceptors (Lipinski definition) is 2. The third-order valence-corrected chi connectivity index (χ3v) is 3.74. The van der Waals surface area contributed by atoms with Crippen LogP contribution in [-0.4, -0.2) is 6.54 Å². The molecule has 1 unspecified atom stereocenters. The second-order valence-electron chi connectivity index (χ2n) is 5.05. The number of aryl methyl sites for hydroxylation is 1. The van der Waals surface area contributed by atoms with Crippen molar-refractivity contribution in [3.05, 3.63) is 34.5 Å². The van der Waals surface area contributed by atoms with Crippen molar-refractivity contribution in [2.75, 3.05) is 6.54 Å². The lowest BCUT2D eigenvalue weighted by atomic mass is 10.1. The minimum atomic E-state index is 0.285. The minimum absolute atomic E-state index is 0.285. The summed E-state index contributed by atoms with van der Waals surface area (Å²) >= 11 is 6.25. The zero-order chi connectivity index (χ0) is 13.8. The highest BCUT2D eigenvalue weighted by Crippen LogP contribution is 2.32. The zero-order valence-electron chi connectivity index (χ0n) is 11.9. The predicted molar refractivity (Wildman–Crippen MR) is 81.9 cm³/mol. The number of rotatable bonds is 6. The molecule has 0 saturated heterocycles. The van der Waals surface area contributed by atoms with Gasteiger partial charge in [0.25, 0.3) is 0 Å². The van der Waals surface area contributed by atoms with E-state index in [2.05, 4.69) is 32.2 Å². The molecule has 0 fully saturated rings. The van der Waals surface area contributed by atoms with Crippen LogP contribution in [0.25, 0.3) is 11.0 Å². The molecule has 0 bridgehead atoms. The van der Waals surface area contributed by atoms with Crippen LogP contribution in [-0.2, 0) is 0 Å². The Balaban J connectivity index is 2.37. The molecule has 0 saturated carbocycles. The van der Waals surface area contributed by atoms with Crippen molar-refractivity contribution in [3.8, 4) is 0 Å². The molecule has 1 atom stereocenters. The minimum Gasteiger partial charge on any atom is -0.459 e. The Labute approximate surface area is 120 Å². The first-order valence-corrected chi connectivity index (χ1v) is 7.47. The quantitative estimate of drug-likeness (QED) is 0.783. The van der Waals surface area contributed by atoms with Crippen molar-refractivity contribution < 1.29 is 4.42 Å². The third-order valence-electron chi connectivity index (χ3n) is 3.41. The summed E-state index contributed by atoms with van der Waals surface area (Å²) in [6.07, 6.45) is 3.34. The van der Waals surface area contributed by atoms with E-state index in [1.807, 2.05) is 12.1 Å². The Bertz CT molecular complexity index is 508. The molecule has 3 heteroatoms. The summed E-state index contributed by atoms with van der Waals surface area (Å²) in [5.41, 5.74) is 2.05. The van der Waals surface area contributed by atoms with Crippen LogP contribution in [0.15, 0.2) is 22.6 Å². The molecule has 1 N–H and O–H groups in total. The summed E-state index contributed by atoms with van der Waals surface area (Å²) in [6, 6.07) is 6.32. The van der Waals surface area contributed by atoms with Gasteiger partial charge in [0.1, 0.15) is 11.3 Å². The van der Waals surface area contributed by atoms with Gasteiger partial charge in [-0.15, -0.1) is 0 Å². The fraction of sp³-hybridized carbons (Fsp3) is 0.500. The number of nitrogens with one attached hydrogen (secondary N) is 1. The average Bonchev–Trinajstić information content (AvgIpc) is 2.85. The van der Waals surface area contributed by atoms with Crippen LogP contribution in [0.2, 0.25) is 5.02 Å². The standard InChI is InChI=1S/C16H22ClNO/c1-4-6-14(18-9-5-2)15-10-12-13(17)8-7-11(3)16(12)19-15/h7-8,10,14,18H,4-6,9H2,1-3H3. The molecule has 0 amide bonds. The van der Waals surface area contributed by atoms with Crippen LogP contribution in [0.5, 0.6) is 0 Å². The van der Waals surface area contributed by atoms with E-state index in [4.69, 9.17) is 16.0 Å². The summed E-state index contributed by atoms with van der Waals surface area (Å²) in [5, 5.41) is 5.34. The summed E-state index contributed by atoms with van der Waals surface area (Å²) in [5.74, 6) is 1.00. The van der Waals surface area contributed by atoms with Crippen molar-refractivity contribution in [2.45, 2.75) is 46.1 Å². The normalized spacial score (nSPS) is 13.1. The molecule has 2 rings (SSSR count). The van der Waals surface area contributed by atoms with E-state index in [-0.39, 0.29) is 6.04 Å². The van der Waals surface area contributed by atoms with Gasteiger partial charge in [-0.2, -0.15) is 0 Å². The molecule has 0 radical (unpaired) electrons. The highest BCUT2D eigenvalue weighted by atomic mass is 35.5. The van der Waals surface area contributed by atoms with Gasteiger partial charge in [-0.3, -0.25) is 0 Å². The fourth-order valence-electron chi connectivity index (χ4n) is 2.37. The molecule has 2 aromatic rings. The summed E-state index contributed by atoms with van der Waals surface area (Å²) < 4.78 is 6.04. The average molecular weight is 280 g/mol. The maximum Gasteiger partial charge on any atom is 0.138 e. The van der Waals surface area contributed by atoms with Gasteiger partial charge in [0.2, 0.25) is 0 Å². The van der Waals surface area contributed by atoms with Crippen LogP contribution in [0.3, 0.4) is 0 Å². The van der Waals surface area contributed by atoms with Crippen molar-refractivity contribution in [1.82, 2.24) is 5.32 Å². The monoisotopic (exact) mass is 279 g/mol. The van der Waals surface area contributed by atoms with Crippen molar-refractivity contribution in [2.24, 2.45) is 0 Å². The Morgan fingerprint density at radius 1 is 1.26 bits per heavy atom. The molecule has 1 aromatic heterocycles. The number of hydrogen-bond donors (Lipinski definition) is 1. The first-order chi connectivity index (χ1) is 9.17. The summed E-state index contributed by atoms with van der Waals surface area (Å²) in [4.78, 5) is 0. The lowest BCUT2D eigenvalue weighted by Gasteiger charge is -2.14. The van der Waals surface area contributed by atoms with E-state index in [0.717, 1.165) is 53.1 Å². The van der Waals surface area contributed by atoms with Crippen molar-refractivity contribution >= 4 is 22.6 Å². The number of fused-ring (bicyclic) bond motifs is 1. The van der Waals surface area contributed by atoms with Crippen LogP contribution >= 0.6 is 11.6 Å². The van der Waals surface area contributed by atoms with Gasteiger partial charge in [0.05, 0.1) is 11.1 Å². The predicted octanol–water partition coefficient (Wildman–Crippen LogP) is 5.24. The Morgan fingerprint density at radius 2 is 2.05 bits per heavy atom. The topological polar surface area (TPSA) is 25.2 Å². The maximum atomic E-state index is 6.25. The van der Waals surface area contributed by atoms with Gasteiger partial charge < -0.3 is 9.73 Å².